The maximum absolute atomic E-state index is 13.2. The van der Waals surface area contributed by atoms with E-state index >= 15 is 0 Å². The fraction of sp³-hybridized carbons (Fsp3) is 0.278. The molecule has 3 rings (SSSR count). The van der Waals surface area contributed by atoms with Crippen LogP contribution in [0.25, 0.3) is 0 Å². The van der Waals surface area contributed by atoms with Crippen molar-refractivity contribution < 1.29 is 9.13 Å². The number of methoxy groups -OCH3 is 1. The third-order valence-electron chi connectivity index (χ3n) is 4.28. The molecule has 6 heteroatoms. The zero-order valence-corrected chi connectivity index (χ0v) is 14.1. The Morgan fingerprint density at radius 1 is 1.33 bits per heavy atom. The lowest BCUT2D eigenvalue weighted by Gasteiger charge is -2.16. The van der Waals surface area contributed by atoms with Gasteiger partial charge in [-0.3, -0.25) is 4.99 Å². The maximum Gasteiger partial charge on any atom is 0.193 e. The molecule has 0 heterocycles. The minimum Gasteiger partial charge on any atom is -0.495 e. The molecule has 1 aliphatic rings. The molecule has 0 atom stereocenters. The van der Waals surface area contributed by atoms with Gasteiger partial charge in [-0.2, -0.15) is 0 Å². The Hall–Kier alpha value is -2.27. The number of guanidine groups is 1. The van der Waals surface area contributed by atoms with E-state index in [0.717, 1.165) is 24.1 Å². The van der Waals surface area contributed by atoms with Crippen LogP contribution in [-0.2, 0) is 5.41 Å². The number of aliphatic imine (C=N–C) groups is 1. The Morgan fingerprint density at radius 2 is 2.08 bits per heavy atom. The van der Waals surface area contributed by atoms with Crippen LogP contribution in [0.4, 0.5) is 10.1 Å². The van der Waals surface area contributed by atoms with E-state index in [4.69, 9.17) is 22.1 Å². The molecule has 2 aromatic rings. The lowest BCUT2D eigenvalue weighted by atomic mass is 9.96. The number of ether oxygens (including phenoxy) is 1. The standard InChI is InChI=1S/C18H19ClFN3O/c1-24-16-5-3-2-4-15(16)23-17(21)22-11-18(8-9-18)13-7-6-12(20)10-14(13)19/h2-7,10H,8-9,11H2,1H3,(H3,21,22,23). The number of anilines is 1. The molecule has 0 radical (unpaired) electrons. The second-order valence-corrected chi connectivity index (χ2v) is 6.34. The molecule has 0 spiro atoms. The first-order valence-electron chi connectivity index (χ1n) is 7.69. The summed E-state index contributed by atoms with van der Waals surface area (Å²) < 4.78 is 18.5. The second-order valence-electron chi connectivity index (χ2n) is 5.93. The van der Waals surface area contributed by atoms with Crippen LogP contribution in [0.15, 0.2) is 47.5 Å². The monoisotopic (exact) mass is 347 g/mol. The Kier molecular flexibility index (Phi) is 4.62. The van der Waals surface area contributed by atoms with E-state index in [9.17, 15) is 4.39 Å². The smallest absolute Gasteiger partial charge is 0.193 e. The zero-order valence-electron chi connectivity index (χ0n) is 13.4. The molecule has 0 bridgehead atoms. The van der Waals surface area contributed by atoms with Gasteiger partial charge in [0.25, 0.3) is 0 Å². The van der Waals surface area contributed by atoms with Crippen LogP contribution in [0.5, 0.6) is 5.75 Å². The van der Waals surface area contributed by atoms with Crippen molar-refractivity contribution in [1.29, 1.82) is 0 Å². The molecular weight excluding hydrogens is 329 g/mol. The highest BCUT2D eigenvalue weighted by molar-refractivity contribution is 6.31. The van der Waals surface area contributed by atoms with Crippen LogP contribution >= 0.6 is 11.6 Å². The van der Waals surface area contributed by atoms with E-state index in [1.54, 1.807) is 13.2 Å². The summed E-state index contributed by atoms with van der Waals surface area (Å²) in [5.41, 5.74) is 7.54. The molecule has 0 unspecified atom stereocenters. The summed E-state index contributed by atoms with van der Waals surface area (Å²) >= 11 is 6.19. The van der Waals surface area contributed by atoms with Crippen molar-refractivity contribution in [3.63, 3.8) is 0 Å². The normalized spacial score (nSPS) is 15.9. The van der Waals surface area contributed by atoms with Crippen LogP contribution in [0.1, 0.15) is 18.4 Å². The SMILES string of the molecule is COc1ccccc1NC(N)=NCC1(c2ccc(F)cc2Cl)CC1. The van der Waals surface area contributed by atoms with Gasteiger partial charge in [-0.15, -0.1) is 0 Å². The number of rotatable bonds is 5. The van der Waals surface area contributed by atoms with E-state index < -0.39 is 0 Å². The predicted molar refractivity (Wildman–Crippen MR) is 95.4 cm³/mol. The summed E-state index contributed by atoms with van der Waals surface area (Å²) in [5, 5.41) is 3.49. The Morgan fingerprint density at radius 3 is 2.75 bits per heavy atom. The van der Waals surface area contributed by atoms with Crippen LogP contribution in [0.3, 0.4) is 0 Å². The van der Waals surface area contributed by atoms with Gasteiger partial charge in [-0.05, 0) is 42.7 Å². The molecule has 1 aliphatic carbocycles. The van der Waals surface area contributed by atoms with Gasteiger partial charge in [0, 0.05) is 10.4 Å². The maximum atomic E-state index is 13.2. The summed E-state index contributed by atoms with van der Waals surface area (Å²) in [6.45, 7) is 0.506. The molecule has 0 aliphatic heterocycles. The number of hydrogen-bond donors (Lipinski definition) is 2. The summed E-state index contributed by atoms with van der Waals surface area (Å²) in [5.74, 6) is 0.669. The number of nitrogens with one attached hydrogen (secondary N) is 1. The highest BCUT2D eigenvalue weighted by atomic mass is 35.5. The first-order valence-corrected chi connectivity index (χ1v) is 8.07. The van der Waals surface area contributed by atoms with Crippen LogP contribution < -0.4 is 15.8 Å². The minimum atomic E-state index is -0.333. The van der Waals surface area contributed by atoms with Crippen molar-refractivity contribution in [3.05, 3.63) is 58.9 Å². The van der Waals surface area contributed by atoms with Gasteiger partial charge in [-0.1, -0.05) is 29.8 Å². The van der Waals surface area contributed by atoms with Crippen LogP contribution in [0, 0.1) is 5.82 Å². The first kappa shape index (κ1) is 16.6. The summed E-state index contributed by atoms with van der Waals surface area (Å²) in [7, 11) is 1.60. The van der Waals surface area contributed by atoms with Gasteiger partial charge in [-0.25, -0.2) is 4.39 Å². The van der Waals surface area contributed by atoms with Gasteiger partial charge >= 0.3 is 0 Å². The molecule has 1 saturated carbocycles. The topological polar surface area (TPSA) is 59.6 Å². The van der Waals surface area contributed by atoms with Crippen molar-refractivity contribution in [3.8, 4) is 5.75 Å². The predicted octanol–water partition coefficient (Wildman–Crippen LogP) is 3.95. The largest absolute Gasteiger partial charge is 0.495 e. The molecule has 0 aromatic heterocycles. The fourth-order valence-electron chi connectivity index (χ4n) is 2.74. The lowest BCUT2D eigenvalue weighted by molar-refractivity contribution is 0.417. The highest BCUT2D eigenvalue weighted by Gasteiger charge is 2.45. The molecule has 3 N–H and O–H groups in total. The van der Waals surface area contributed by atoms with Crippen LogP contribution in [-0.4, -0.2) is 19.6 Å². The van der Waals surface area contributed by atoms with Crippen LogP contribution in [0.2, 0.25) is 5.02 Å². The number of benzene rings is 2. The van der Waals surface area contributed by atoms with Gasteiger partial charge < -0.3 is 15.8 Å². The summed E-state index contributed by atoms with van der Waals surface area (Å²) in [6, 6.07) is 12.0. The summed E-state index contributed by atoms with van der Waals surface area (Å²) in [6.07, 6.45) is 1.92. The third kappa shape index (κ3) is 3.46. The molecule has 126 valence electrons. The average molecular weight is 348 g/mol. The molecule has 24 heavy (non-hydrogen) atoms. The number of hydrogen-bond acceptors (Lipinski definition) is 2. The van der Waals surface area contributed by atoms with Crippen molar-refractivity contribution in [1.82, 2.24) is 0 Å². The Balaban J connectivity index is 1.73. The van der Waals surface area contributed by atoms with E-state index in [1.807, 2.05) is 24.3 Å². The number of nitrogens with zero attached hydrogens (tertiary/aromatic N) is 1. The molecule has 1 fully saturated rings. The lowest BCUT2D eigenvalue weighted by Crippen LogP contribution is -2.25. The Labute approximate surface area is 145 Å². The molecular formula is C18H19ClFN3O. The van der Waals surface area contributed by atoms with Gasteiger partial charge in [0.1, 0.15) is 11.6 Å². The van der Waals surface area contributed by atoms with E-state index in [0.29, 0.717) is 23.3 Å². The number of para-hydroxylation sites is 2. The molecule has 0 amide bonds. The molecule has 0 saturated heterocycles. The highest BCUT2D eigenvalue weighted by Crippen LogP contribution is 2.50. The van der Waals surface area contributed by atoms with Crippen molar-refractivity contribution in [2.75, 3.05) is 19.0 Å². The third-order valence-corrected chi connectivity index (χ3v) is 4.59. The fourth-order valence-corrected chi connectivity index (χ4v) is 3.11. The average Bonchev–Trinajstić information content (AvgIpc) is 3.34. The Bertz CT molecular complexity index is 775. The molecule has 4 nitrogen and oxygen atoms in total. The number of nitrogens with two attached hydrogens (primary N) is 1. The van der Waals surface area contributed by atoms with E-state index in [1.165, 1.54) is 12.1 Å². The van der Waals surface area contributed by atoms with Crippen molar-refractivity contribution in [2.45, 2.75) is 18.3 Å². The van der Waals surface area contributed by atoms with Gasteiger partial charge in [0.15, 0.2) is 5.96 Å². The van der Waals surface area contributed by atoms with Gasteiger partial charge in [0.05, 0.1) is 19.3 Å². The van der Waals surface area contributed by atoms with Crippen molar-refractivity contribution >= 4 is 23.2 Å². The minimum absolute atomic E-state index is 0.141. The summed E-state index contributed by atoms with van der Waals surface area (Å²) in [4.78, 5) is 4.44. The van der Waals surface area contributed by atoms with Crippen molar-refractivity contribution in [2.24, 2.45) is 10.7 Å². The second kappa shape index (κ2) is 6.69. The zero-order chi connectivity index (χ0) is 17.2. The van der Waals surface area contributed by atoms with E-state index in [2.05, 4.69) is 10.3 Å². The molecule has 2 aromatic carbocycles. The van der Waals surface area contributed by atoms with Gasteiger partial charge in [0.2, 0.25) is 0 Å². The van der Waals surface area contributed by atoms with E-state index in [-0.39, 0.29) is 11.2 Å². The quantitative estimate of drug-likeness (QED) is 0.636. The number of halogens is 2. The first-order chi connectivity index (χ1) is 11.5.